The van der Waals surface area contributed by atoms with Crippen LogP contribution in [0.4, 0.5) is 0 Å². The van der Waals surface area contributed by atoms with Gasteiger partial charge in [0.15, 0.2) is 6.61 Å². The first kappa shape index (κ1) is 20.4. The van der Waals surface area contributed by atoms with Crippen molar-refractivity contribution in [3.05, 3.63) is 29.8 Å². The lowest BCUT2D eigenvalue weighted by molar-refractivity contribution is -0.137. The highest BCUT2D eigenvalue weighted by atomic mass is 32.2. The van der Waals surface area contributed by atoms with Crippen LogP contribution < -0.4 is 4.74 Å². The largest absolute Gasteiger partial charge is 0.484 e. The van der Waals surface area contributed by atoms with Crippen molar-refractivity contribution in [2.24, 2.45) is 0 Å². The van der Waals surface area contributed by atoms with Crippen molar-refractivity contribution in [1.29, 1.82) is 5.26 Å². The Morgan fingerprint density at radius 3 is 2.59 bits per heavy atom. The molecule has 0 spiro atoms. The van der Waals surface area contributed by atoms with Crippen LogP contribution in [0.2, 0.25) is 0 Å². The molecular formula is C20H26N2O3S2. The van der Waals surface area contributed by atoms with Gasteiger partial charge >= 0.3 is 0 Å². The third kappa shape index (κ3) is 6.06. The van der Waals surface area contributed by atoms with Gasteiger partial charge in [-0.2, -0.15) is 5.26 Å². The molecule has 2 aliphatic heterocycles. The highest BCUT2D eigenvalue weighted by Gasteiger charge is 2.25. The molecule has 2 fully saturated rings. The maximum Gasteiger partial charge on any atom is 0.260 e. The van der Waals surface area contributed by atoms with E-state index in [0.29, 0.717) is 36.5 Å². The molecule has 0 bridgehead atoms. The molecule has 0 radical (unpaired) electrons. The fourth-order valence-corrected chi connectivity index (χ4v) is 6.20. The van der Waals surface area contributed by atoms with Crippen molar-refractivity contribution >= 4 is 29.4 Å². The summed E-state index contributed by atoms with van der Waals surface area (Å²) in [6.45, 7) is 1.80. The zero-order valence-electron chi connectivity index (χ0n) is 15.5. The number of nitriles is 1. The molecule has 27 heavy (non-hydrogen) atoms. The minimum Gasteiger partial charge on any atom is -0.484 e. The summed E-state index contributed by atoms with van der Waals surface area (Å²) in [7, 11) is 0. The number of rotatable bonds is 7. The van der Waals surface area contributed by atoms with Crippen LogP contribution in [0.3, 0.4) is 0 Å². The molecule has 0 saturated carbocycles. The summed E-state index contributed by atoms with van der Waals surface area (Å²) >= 11 is 3.99. The van der Waals surface area contributed by atoms with Gasteiger partial charge in [-0.05, 0) is 48.5 Å². The lowest BCUT2D eigenvalue weighted by Gasteiger charge is -2.33. The Bertz CT molecular complexity index is 636. The third-order valence-electron chi connectivity index (χ3n) is 4.76. The van der Waals surface area contributed by atoms with Gasteiger partial charge < -0.3 is 14.4 Å². The van der Waals surface area contributed by atoms with Gasteiger partial charge in [-0.25, -0.2) is 0 Å². The molecule has 0 atom stereocenters. The van der Waals surface area contributed by atoms with E-state index in [1.165, 1.54) is 23.5 Å². The Morgan fingerprint density at radius 1 is 1.22 bits per heavy atom. The van der Waals surface area contributed by atoms with E-state index in [1.807, 2.05) is 35.7 Å². The maximum absolute atomic E-state index is 12.7. The van der Waals surface area contributed by atoms with Crippen molar-refractivity contribution in [3.8, 4) is 11.8 Å². The van der Waals surface area contributed by atoms with E-state index < -0.39 is 0 Å². The molecule has 2 heterocycles. The molecule has 3 rings (SSSR count). The van der Waals surface area contributed by atoms with Crippen LogP contribution in [0.5, 0.6) is 5.75 Å². The Morgan fingerprint density at radius 2 is 1.93 bits per heavy atom. The molecule has 0 aliphatic carbocycles. The SMILES string of the molecule is N#CCCN(C(=O)COc1ccc(C2SCCCS2)cc1)C1CCOCC1. The predicted octanol–water partition coefficient (Wildman–Crippen LogP) is 3.86. The first-order valence-electron chi connectivity index (χ1n) is 9.48. The fraction of sp³-hybridized carbons (Fsp3) is 0.600. The summed E-state index contributed by atoms with van der Waals surface area (Å²) in [5, 5.41) is 8.89. The molecule has 2 saturated heterocycles. The van der Waals surface area contributed by atoms with E-state index in [9.17, 15) is 4.79 Å². The molecule has 1 aromatic rings. The predicted molar refractivity (Wildman–Crippen MR) is 110 cm³/mol. The minimum atomic E-state index is -0.0559. The van der Waals surface area contributed by atoms with Gasteiger partial charge in [-0.15, -0.1) is 23.5 Å². The molecule has 0 aromatic heterocycles. The summed E-state index contributed by atoms with van der Waals surface area (Å²) in [5.41, 5.74) is 1.31. The first-order valence-corrected chi connectivity index (χ1v) is 11.6. The number of carbonyl (C=O) groups is 1. The lowest BCUT2D eigenvalue weighted by Crippen LogP contribution is -2.45. The molecule has 0 unspecified atom stereocenters. The summed E-state index contributed by atoms with van der Waals surface area (Å²) < 4.78 is 11.6. The van der Waals surface area contributed by atoms with Crippen LogP contribution in [0, 0.1) is 11.3 Å². The van der Waals surface area contributed by atoms with Crippen LogP contribution in [0.1, 0.15) is 35.8 Å². The number of ether oxygens (including phenoxy) is 2. The number of thioether (sulfide) groups is 2. The van der Waals surface area contributed by atoms with Crippen LogP contribution in [-0.4, -0.2) is 54.7 Å². The van der Waals surface area contributed by atoms with Crippen LogP contribution in [0.25, 0.3) is 0 Å². The second-order valence-electron chi connectivity index (χ2n) is 6.62. The fourth-order valence-electron chi connectivity index (χ4n) is 3.31. The topological polar surface area (TPSA) is 62.6 Å². The van der Waals surface area contributed by atoms with Gasteiger partial charge in [0.25, 0.3) is 5.91 Å². The van der Waals surface area contributed by atoms with Crippen LogP contribution in [0.15, 0.2) is 24.3 Å². The lowest BCUT2D eigenvalue weighted by atomic mass is 10.1. The van der Waals surface area contributed by atoms with Gasteiger partial charge in [0.1, 0.15) is 5.75 Å². The van der Waals surface area contributed by atoms with Gasteiger partial charge in [0, 0.05) is 25.8 Å². The number of carbonyl (C=O) groups excluding carboxylic acids is 1. The standard InChI is InChI=1S/C20H26N2O3S2/c21-9-1-10-22(17-7-11-24-12-8-17)19(23)15-25-18-5-3-16(4-6-18)20-26-13-2-14-27-20/h3-6,17,20H,1-2,7-8,10-15H2. The zero-order valence-corrected chi connectivity index (χ0v) is 17.1. The van der Waals surface area contributed by atoms with Crippen molar-refractivity contribution in [3.63, 3.8) is 0 Å². The first-order chi connectivity index (χ1) is 13.3. The van der Waals surface area contributed by atoms with Gasteiger partial charge in [-0.1, -0.05) is 12.1 Å². The number of hydrogen-bond donors (Lipinski definition) is 0. The maximum atomic E-state index is 12.7. The smallest absolute Gasteiger partial charge is 0.260 e. The van der Waals surface area contributed by atoms with Crippen molar-refractivity contribution in [2.45, 2.75) is 36.3 Å². The second-order valence-corrected chi connectivity index (χ2v) is 9.35. The number of hydrogen-bond acceptors (Lipinski definition) is 6. The summed E-state index contributed by atoms with van der Waals surface area (Å²) in [6.07, 6.45) is 3.27. The Balaban J connectivity index is 1.53. The van der Waals surface area contributed by atoms with E-state index in [4.69, 9.17) is 14.7 Å². The average Bonchev–Trinajstić information content (AvgIpc) is 2.74. The van der Waals surface area contributed by atoms with Gasteiger partial charge in [-0.3, -0.25) is 4.79 Å². The molecular weight excluding hydrogens is 380 g/mol. The van der Waals surface area contributed by atoms with Crippen LogP contribution in [-0.2, 0) is 9.53 Å². The average molecular weight is 407 g/mol. The quantitative estimate of drug-likeness (QED) is 0.685. The zero-order chi connectivity index (χ0) is 18.9. The van der Waals surface area contributed by atoms with Crippen molar-refractivity contribution in [2.75, 3.05) is 37.9 Å². The monoisotopic (exact) mass is 406 g/mol. The molecule has 1 aromatic carbocycles. The molecule has 0 N–H and O–H groups in total. The molecule has 1 amide bonds. The van der Waals surface area contributed by atoms with Crippen molar-refractivity contribution < 1.29 is 14.3 Å². The normalized spacial score (nSPS) is 18.6. The highest BCUT2D eigenvalue weighted by molar-refractivity contribution is 8.16. The van der Waals surface area contributed by atoms with E-state index >= 15 is 0 Å². The summed E-state index contributed by atoms with van der Waals surface area (Å²) in [4.78, 5) is 14.5. The van der Waals surface area contributed by atoms with Crippen LogP contribution >= 0.6 is 23.5 Å². The summed E-state index contributed by atoms with van der Waals surface area (Å²) in [6, 6.07) is 10.4. The molecule has 7 heteroatoms. The van der Waals surface area contributed by atoms with E-state index in [-0.39, 0.29) is 18.6 Å². The second kappa shape index (κ2) is 10.8. The Kier molecular flexibility index (Phi) is 8.18. The number of benzene rings is 1. The van der Waals surface area contributed by atoms with E-state index in [0.717, 1.165) is 12.8 Å². The Labute approximate surface area is 169 Å². The highest BCUT2D eigenvalue weighted by Crippen LogP contribution is 2.43. The van der Waals surface area contributed by atoms with Crippen molar-refractivity contribution in [1.82, 2.24) is 4.90 Å². The van der Waals surface area contributed by atoms with E-state index in [2.05, 4.69) is 18.2 Å². The number of nitrogens with zero attached hydrogens (tertiary/aromatic N) is 2. The molecule has 5 nitrogen and oxygen atoms in total. The molecule has 2 aliphatic rings. The van der Waals surface area contributed by atoms with Gasteiger partial charge in [0.05, 0.1) is 17.1 Å². The third-order valence-corrected chi connectivity index (χ3v) is 7.77. The molecule has 146 valence electrons. The minimum absolute atomic E-state index is 0.00899. The van der Waals surface area contributed by atoms with E-state index in [1.54, 1.807) is 4.90 Å². The Hall–Kier alpha value is -1.36. The number of amides is 1. The summed E-state index contributed by atoms with van der Waals surface area (Å²) in [5.74, 6) is 3.09. The van der Waals surface area contributed by atoms with Gasteiger partial charge in [0.2, 0.25) is 0 Å².